The van der Waals surface area contributed by atoms with Gasteiger partial charge in [0.05, 0.1) is 23.4 Å². The van der Waals surface area contributed by atoms with Crippen LogP contribution in [0, 0.1) is 5.92 Å². The number of anilines is 1. The largest absolute Gasteiger partial charge is 0.496 e. The third kappa shape index (κ3) is 5.34. The summed E-state index contributed by atoms with van der Waals surface area (Å²) in [7, 11) is 1.50. The molecule has 2 atom stereocenters. The summed E-state index contributed by atoms with van der Waals surface area (Å²) in [6.07, 6.45) is 7.37. The lowest BCUT2D eigenvalue weighted by Crippen LogP contribution is -2.52. The fraction of sp³-hybridized carbons (Fsp3) is 0.619. The van der Waals surface area contributed by atoms with E-state index in [0.717, 1.165) is 38.5 Å². The van der Waals surface area contributed by atoms with Gasteiger partial charge >= 0.3 is 5.97 Å². The number of nitrogens with two attached hydrogens (primary N) is 1. The summed E-state index contributed by atoms with van der Waals surface area (Å²) in [6.45, 7) is 2.05. The molecular weight excluding hydrogens is 394 g/mol. The molecule has 2 heterocycles. The molecule has 3 rings (SSSR count). The third-order valence-corrected chi connectivity index (χ3v) is 6.20. The number of fused-ring (bicyclic) bond motifs is 2. The molecule has 2 saturated heterocycles. The van der Waals surface area contributed by atoms with E-state index < -0.39 is 0 Å². The maximum Gasteiger partial charge on any atom is 0.322 e. The fourth-order valence-electron chi connectivity index (χ4n) is 4.59. The summed E-state index contributed by atoms with van der Waals surface area (Å²) >= 11 is 6.04. The zero-order valence-corrected chi connectivity index (χ0v) is 17.8. The summed E-state index contributed by atoms with van der Waals surface area (Å²) in [4.78, 5) is 29.3. The molecule has 0 spiro atoms. The summed E-state index contributed by atoms with van der Waals surface area (Å²) in [6, 6.07) is 3.75. The minimum Gasteiger partial charge on any atom is -0.496 e. The average Bonchev–Trinajstić information content (AvgIpc) is 2.66. The van der Waals surface area contributed by atoms with Crippen LogP contribution in [0.1, 0.15) is 62.2 Å². The Morgan fingerprint density at radius 3 is 2.59 bits per heavy atom. The summed E-state index contributed by atoms with van der Waals surface area (Å²) < 4.78 is 5.24. The SMILES string of the molecule is COc1cc(N)c(Cl)cc1C(=O)NCCCC1CC2CCCC(C1)N2OC(C)=O. The number of halogens is 1. The van der Waals surface area contributed by atoms with Gasteiger partial charge in [-0.3, -0.25) is 9.59 Å². The Morgan fingerprint density at radius 1 is 1.28 bits per heavy atom. The van der Waals surface area contributed by atoms with Gasteiger partial charge in [0.25, 0.3) is 5.91 Å². The van der Waals surface area contributed by atoms with Gasteiger partial charge in [0.2, 0.25) is 0 Å². The third-order valence-electron chi connectivity index (χ3n) is 5.88. The van der Waals surface area contributed by atoms with E-state index in [9.17, 15) is 9.59 Å². The van der Waals surface area contributed by atoms with Gasteiger partial charge < -0.3 is 20.6 Å². The zero-order chi connectivity index (χ0) is 21.0. The van der Waals surface area contributed by atoms with Crippen molar-refractivity contribution in [2.24, 2.45) is 5.92 Å². The first kappa shape index (κ1) is 21.7. The average molecular weight is 424 g/mol. The Bertz CT molecular complexity index is 744. The van der Waals surface area contributed by atoms with Crippen LogP contribution in [0.25, 0.3) is 0 Å². The number of ether oxygens (including phenoxy) is 1. The van der Waals surface area contributed by atoms with Crippen LogP contribution in [0.15, 0.2) is 12.1 Å². The Kier molecular flexibility index (Phi) is 7.24. The van der Waals surface area contributed by atoms with Crippen molar-refractivity contribution in [1.82, 2.24) is 10.4 Å². The van der Waals surface area contributed by atoms with Gasteiger partial charge in [-0.25, -0.2) is 0 Å². The van der Waals surface area contributed by atoms with E-state index in [4.69, 9.17) is 26.9 Å². The van der Waals surface area contributed by atoms with Gasteiger partial charge in [0, 0.05) is 31.6 Å². The van der Waals surface area contributed by atoms with Crippen LogP contribution in [0.4, 0.5) is 5.69 Å². The van der Waals surface area contributed by atoms with Crippen LogP contribution in [0.3, 0.4) is 0 Å². The van der Waals surface area contributed by atoms with E-state index in [-0.39, 0.29) is 11.9 Å². The van der Waals surface area contributed by atoms with E-state index >= 15 is 0 Å². The van der Waals surface area contributed by atoms with Crippen molar-refractivity contribution in [1.29, 1.82) is 0 Å². The van der Waals surface area contributed by atoms with Crippen molar-refractivity contribution in [3.63, 3.8) is 0 Å². The molecule has 2 aliphatic heterocycles. The second-order valence-electron chi connectivity index (χ2n) is 7.99. The molecule has 2 unspecified atom stereocenters. The second-order valence-corrected chi connectivity index (χ2v) is 8.40. The van der Waals surface area contributed by atoms with Crippen LogP contribution in [-0.4, -0.2) is 42.7 Å². The summed E-state index contributed by atoms with van der Waals surface area (Å²) in [5, 5.41) is 5.23. The number of nitrogens with zero attached hydrogens (tertiary/aromatic N) is 1. The molecule has 8 heteroatoms. The van der Waals surface area contributed by atoms with Crippen molar-refractivity contribution in [3.8, 4) is 5.75 Å². The maximum atomic E-state index is 12.5. The van der Waals surface area contributed by atoms with Gasteiger partial charge in [-0.05, 0) is 50.5 Å². The smallest absolute Gasteiger partial charge is 0.322 e. The lowest BCUT2D eigenvalue weighted by atomic mass is 9.78. The Labute approximate surface area is 176 Å². The number of rotatable bonds is 7. The summed E-state index contributed by atoms with van der Waals surface area (Å²) in [5.41, 5.74) is 6.54. The first-order chi connectivity index (χ1) is 13.9. The minimum absolute atomic E-state index is 0.217. The maximum absolute atomic E-state index is 12.5. The van der Waals surface area contributed by atoms with E-state index in [2.05, 4.69) is 5.32 Å². The molecule has 3 N–H and O–H groups in total. The van der Waals surface area contributed by atoms with Crippen LogP contribution in [-0.2, 0) is 9.63 Å². The highest BCUT2D eigenvalue weighted by atomic mass is 35.5. The van der Waals surface area contributed by atoms with E-state index in [1.165, 1.54) is 26.5 Å². The predicted molar refractivity (Wildman–Crippen MR) is 112 cm³/mol. The normalized spacial score (nSPS) is 24.0. The highest BCUT2D eigenvalue weighted by Crippen LogP contribution is 2.38. The molecule has 0 radical (unpaired) electrons. The number of nitrogens with one attached hydrogen (secondary N) is 1. The number of carbonyl (C=O) groups is 2. The Balaban J connectivity index is 1.47. The van der Waals surface area contributed by atoms with Crippen molar-refractivity contribution >= 4 is 29.2 Å². The monoisotopic (exact) mass is 423 g/mol. The van der Waals surface area contributed by atoms with Gasteiger partial charge in [0.1, 0.15) is 5.75 Å². The molecule has 0 aliphatic carbocycles. The number of hydrogen-bond acceptors (Lipinski definition) is 6. The van der Waals surface area contributed by atoms with Crippen molar-refractivity contribution in [3.05, 3.63) is 22.7 Å². The van der Waals surface area contributed by atoms with Gasteiger partial charge in [0.15, 0.2) is 0 Å². The van der Waals surface area contributed by atoms with Crippen molar-refractivity contribution in [2.75, 3.05) is 19.4 Å². The zero-order valence-electron chi connectivity index (χ0n) is 17.1. The van der Waals surface area contributed by atoms with Crippen LogP contribution in [0.2, 0.25) is 5.02 Å². The molecule has 29 heavy (non-hydrogen) atoms. The van der Waals surface area contributed by atoms with Crippen LogP contribution < -0.4 is 15.8 Å². The molecule has 2 bridgehead atoms. The van der Waals surface area contributed by atoms with Gasteiger partial charge in [-0.15, -0.1) is 5.06 Å². The lowest BCUT2D eigenvalue weighted by molar-refractivity contribution is -0.236. The molecule has 7 nitrogen and oxygen atoms in total. The molecule has 0 saturated carbocycles. The number of benzene rings is 1. The van der Waals surface area contributed by atoms with E-state index in [0.29, 0.717) is 46.6 Å². The van der Waals surface area contributed by atoms with Crippen LogP contribution >= 0.6 is 11.6 Å². The standard InChI is InChI=1S/C21H30ClN3O4/c1-13(26)29-25-15-6-3-7-16(25)10-14(9-15)5-4-8-24-21(27)17-11-18(22)19(23)12-20(17)28-2/h11-12,14-16H,3-10,23H2,1-2H3,(H,24,27). The summed E-state index contributed by atoms with van der Waals surface area (Å²) in [5.74, 6) is 0.552. The van der Waals surface area contributed by atoms with E-state index in [1.807, 2.05) is 5.06 Å². The number of methoxy groups -OCH3 is 1. The lowest BCUT2D eigenvalue weighted by Gasteiger charge is -2.46. The predicted octanol–water partition coefficient (Wildman–Crippen LogP) is 3.55. The molecule has 0 aromatic heterocycles. The highest BCUT2D eigenvalue weighted by Gasteiger charge is 2.40. The first-order valence-electron chi connectivity index (χ1n) is 10.3. The van der Waals surface area contributed by atoms with Crippen molar-refractivity contribution in [2.45, 2.75) is 64.0 Å². The number of amides is 1. The van der Waals surface area contributed by atoms with Gasteiger partial charge in [-0.1, -0.05) is 18.0 Å². The Morgan fingerprint density at radius 2 is 1.97 bits per heavy atom. The number of nitrogen functional groups attached to an aromatic ring is 1. The molecule has 1 amide bonds. The molecule has 2 aliphatic rings. The fourth-order valence-corrected chi connectivity index (χ4v) is 4.75. The molecule has 1 aromatic carbocycles. The van der Waals surface area contributed by atoms with Crippen molar-refractivity contribution < 1.29 is 19.2 Å². The molecule has 1 aromatic rings. The quantitative estimate of drug-likeness (QED) is 0.514. The highest BCUT2D eigenvalue weighted by molar-refractivity contribution is 6.33. The topological polar surface area (TPSA) is 93.9 Å². The number of carbonyl (C=O) groups excluding carboxylic acids is 2. The number of hydrogen-bond donors (Lipinski definition) is 2. The number of hydroxylamine groups is 2. The number of piperidine rings is 2. The second kappa shape index (κ2) is 9.67. The van der Waals surface area contributed by atoms with Gasteiger partial charge in [-0.2, -0.15) is 0 Å². The molecular formula is C21H30ClN3O4. The first-order valence-corrected chi connectivity index (χ1v) is 10.6. The Hall–Kier alpha value is -1.99. The minimum atomic E-state index is -0.235. The molecule has 160 valence electrons. The molecule has 2 fully saturated rings. The van der Waals surface area contributed by atoms with E-state index in [1.54, 1.807) is 6.07 Å². The van der Waals surface area contributed by atoms with Crippen LogP contribution in [0.5, 0.6) is 5.75 Å².